The van der Waals surface area contributed by atoms with Gasteiger partial charge in [0.1, 0.15) is 11.5 Å². The number of nitrogens with zero attached hydrogens (tertiary/aromatic N) is 1. The summed E-state index contributed by atoms with van der Waals surface area (Å²) >= 11 is 0. The second kappa shape index (κ2) is 3.23. The van der Waals surface area contributed by atoms with Crippen LogP contribution in [0, 0.1) is 0 Å². The third kappa shape index (κ3) is 1.16. The molecule has 0 amide bonds. The fourth-order valence-corrected chi connectivity index (χ4v) is 2.42. The van der Waals surface area contributed by atoms with E-state index in [0.29, 0.717) is 5.76 Å². The van der Waals surface area contributed by atoms with Crippen molar-refractivity contribution in [2.45, 2.75) is 0 Å². The number of aromatic nitrogens is 2. The molecule has 0 saturated heterocycles. The van der Waals surface area contributed by atoms with Crippen LogP contribution in [0.4, 0.5) is 0 Å². The molecular weight excluding hydrogens is 224 g/mol. The summed E-state index contributed by atoms with van der Waals surface area (Å²) in [6, 6.07) is 12.2. The number of aromatic amines is 1. The van der Waals surface area contributed by atoms with Gasteiger partial charge in [-0.3, -0.25) is 5.10 Å². The topological polar surface area (TPSA) is 37.9 Å². The lowest BCUT2D eigenvalue weighted by atomic mass is 9.95. The van der Waals surface area contributed by atoms with E-state index in [-0.39, 0.29) is 0 Å². The average molecular weight is 234 g/mol. The van der Waals surface area contributed by atoms with Crippen molar-refractivity contribution >= 4 is 16.7 Å². The summed E-state index contributed by atoms with van der Waals surface area (Å²) < 4.78 is 5.79. The van der Waals surface area contributed by atoms with Gasteiger partial charge >= 0.3 is 0 Å². The first-order valence-electron chi connectivity index (χ1n) is 5.76. The number of H-pyrrole nitrogens is 1. The Morgan fingerprint density at radius 1 is 1.06 bits per heavy atom. The molecular formula is C15H10N2O. The first kappa shape index (κ1) is 9.48. The summed E-state index contributed by atoms with van der Waals surface area (Å²) in [6.45, 7) is 3.97. The lowest BCUT2D eigenvalue weighted by Gasteiger charge is -2.22. The molecule has 2 aromatic carbocycles. The number of rotatable bonds is 0. The Morgan fingerprint density at radius 3 is 2.78 bits per heavy atom. The molecule has 1 aliphatic rings. The molecule has 0 saturated carbocycles. The number of benzene rings is 2. The maximum absolute atomic E-state index is 5.79. The van der Waals surface area contributed by atoms with Crippen molar-refractivity contribution in [2.75, 3.05) is 0 Å². The van der Waals surface area contributed by atoms with Gasteiger partial charge in [0.25, 0.3) is 0 Å². The maximum atomic E-state index is 5.79. The molecule has 3 aromatic rings. The molecule has 0 radical (unpaired) electrons. The van der Waals surface area contributed by atoms with E-state index in [1.54, 1.807) is 0 Å². The van der Waals surface area contributed by atoms with Gasteiger partial charge in [0, 0.05) is 22.6 Å². The molecule has 4 rings (SSSR count). The third-order valence-corrected chi connectivity index (χ3v) is 3.29. The van der Waals surface area contributed by atoms with E-state index in [4.69, 9.17) is 4.74 Å². The van der Waals surface area contributed by atoms with Crippen molar-refractivity contribution < 1.29 is 4.74 Å². The van der Waals surface area contributed by atoms with Crippen molar-refractivity contribution in [1.29, 1.82) is 0 Å². The van der Waals surface area contributed by atoms with Crippen molar-refractivity contribution in [2.24, 2.45) is 0 Å². The van der Waals surface area contributed by atoms with E-state index in [1.165, 1.54) is 0 Å². The van der Waals surface area contributed by atoms with E-state index in [9.17, 15) is 0 Å². The zero-order valence-electron chi connectivity index (χ0n) is 9.60. The molecule has 0 fully saturated rings. The molecule has 3 nitrogen and oxygen atoms in total. The van der Waals surface area contributed by atoms with Crippen LogP contribution in [0.2, 0.25) is 0 Å². The second-order valence-corrected chi connectivity index (χ2v) is 4.38. The molecule has 1 aliphatic heterocycles. The Labute approximate surface area is 104 Å². The summed E-state index contributed by atoms with van der Waals surface area (Å²) in [5.41, 5.74) is 4.27. The largest absolute Gasteiger partial charge is 0.457 e. The van der Waals surface area contributed by atoms with E-state index in [1.807, 2.05) is 30.5 Å². The first-order valence-corrected chi connectivity index (χ1v) is 5.76. The molecule has 2 heterocycles. The molecule has 0 unspecified atom stereocenters. The predicted molar refractivity (Wildman–Crippen MR) is 71.2 cm³/mol. The Morgan fingerprint density at radius 2 is 1.89 bits per heavy atom. The van der Waals surface area contributed by atoms with Crippen molar-refractivity contribution in [3.05, 3.63) is 54.7 Å². The predicted octanol–water partition coefficient (Wildman–Crippen LogP) is 3.59. The van der Waals surface area contributed by atoms with Crippen molar-refractivity contribution in [3.8, 4) is 16.9 Å². The summed E-state index contributed by atoms with van der Waals surface area (Å²) in [4.78, 5) is 0. The molecule has 0 atom stereocenters. The monoisotopic (exact) mass is 234 g/mol. The highest BCUT2D eigenvalue weighted by Crippen LogP contribution is 2.42. The third-order valence-electron chi connectivity index (χ3n) is 3.29. The highest BCUT2D eigenvalue weighted by atomic mass is 16.5. The van der Waals surface area contributed by atoms with Gasteiger partial charge < -0.3 is 4.74 Å². The van der Waals surface area contributed by atoms with Crippen LogP contribution in [-0.2, 0) is 0 Å². The van der Waals surface area contributed by atoms with Crippen molar-refractivity contribution in [3.63, 3.8) is 0 Å². The van der Waals surface area contributed by atoms with Gasteiger partial charge in [-0.2, -0.15) is 5.10 Å². The van der Waals surface area contributed by atoms with Gasteiger partial charge in [-0.25, -0.2) is 0 Å². The van der Waals surface area contributed by atoms with Crippen molar-refractivity contribution in [1.82, 2.24) is 10.2 Å². The summed E-state index contributed by atoms with van der Waals surface area (Å²) in [5, 5.41) is 8.08. The Kier molecular flexibility index (Phi) is 1.70. The minimum Gasteiger partial charge on any atom is -0.457 e. The smallest absolute Gasteiger partial charge is 0.137 e. The van der Waals surface area contributed by atoms with E-state index in [0.717, 1.165) is 33.3 Å². The van der Waals surface area contributed by atoms with E-state index < -0.39 is 0 Å². The molecule has 18 heavy (non-hydrogen) atoms. The van der Waals surface area contributed by atoms with Gasteiger partial charge in [0.05, 0.1) is 11.7 Å². The lowest BCUT2D eigenvalue weighted by Crippen LogP contribution is -2.03. The minimum atomic E-state index is 0.692. The van der Waals surface area contributed by atoms with Gasteiger partial charge in [-0.15, -0.1) is 0 Å². The minimum absolute atomic E-state index is 0.692. The normalized spacial score (nSPS) is 13.0. The maximum Gasteiger partial charge on any atom is 0.137 e. The van der Waals surface area contributed by atoms with Crippen LogP contribution in [0.25, 0.3) is 27.8 Å². The zero-order valence-corrected chi connectivity index (χ0v) is 9.60. The van der Waals surface area contributed by atoms with Gasteiger partial charge in [0.15, 0.2) is 0 Å². The zero-order chi connectivity index (χ0) is 12.1. The molecule has 3 heteroatoms. The van der Waals surface area contributed by atoms with Crippen LogP contribution in [0.1, 0.15) is 5.56 Å². The van der Waals surface area contributed by atoms with Crippen LogP contribution >= 0.6 is 0 Å². The van der Waals surface area contributed by atoms with Gasteiger partial charge in [-0.05, 0) is 11.6 Å². The fraction of sp³-hybridized carbons (Fsp3) is 0. The van der Waals surface area contributed by atoms with Gasteiger partial charge in [-0.1, -0.05) is 30.8 Å². The van der Waals surface area contributed by atoms with E-state index in [2.05, 4.69) is 28.9 Å². The SMILES string of the molecule is C=C1Oc2cc3[nH]ncc3cc2-c2ccccc21. The Balaban J connectivity index is 2.10. The highest BCUT2D eigenvalue weighted by molar-refractivity contribution is 5.93. The molecule has 86 valence electrons. The summed E-state index contributed by atoms with van der Waals surface area (Å²) in [6.07, 6.45) is 1.82. The van der Waals surface area contributed by atoms with Crippen LogP contribution < -0.4 is 4.74 Å². The number of nitrogens with one attached hydrogen (secondary N) is 1. The van der Waals surface area contributed by atoms with Crippen LogP contribution in [0.5, 0.6) is 5.75 Å². The standard InChI is InChI=1S/C15H10N2O/c1-9-11-4-2-3-5-12(11)13-6-10-8-16-17-14(10)7-15(13)18-9/h2-8H,1H2,(H,16,17). The summed E-state index contributed by atoms with van der Waals surface area (Å²) in [5.74, 6) is 1.52. The molecule has 1 N–H and O–H groups in total. The number of ether oxygens (including phenoxy) is 1. The van der Waals surface area contributed by atoms with Crippen LogP contribution in [0.3, 0.4) is 0 Å². The van der Waals surface area contributed by atoms with Crippen LogP contribution in [-0.4, -0.2) is 10.2 Å². The Bertz CT molecular complexity index is 786. The van der Waals surface area contributed by atoms with Crippen LogP contribution in [0.15, 0.2) is 49.2 Å². The average Bonchev–Trinajstić information content (AvgIpc) is 2.84. The number of hydrogen-bond donors (Lipinski definition) is 1. The highest BCUT2D eigenvalue weighted by Gasteiger charge is 2.20. The van der Waals surface area contributed by atoms with E-state index >= 15 is 0 Å². The summed E-state index contributed by atoms with van der Waals surface area (Å²) in [7, 11) is 0. The molecule has 0 spiro atoms. The first-order chi connectivity index (χ1) is 8.83. The lowest BCUT2D eigenvalue weighted by molar-refractivity contribution is 0.514. The number of fused-ring (bicyclic) bond motifs is 4. The van der Waals surface area contributed by atoms with Gasteiger partial charge in [0.2, 0.25) is 0 Å². The fourth-order valence-electron chi connectivity index (χ4n) is 2.42. The Hall–Kier alpha value is -2.55. The molecule has 0 bridgehead atoms. The number of hydrogen-bond acceptors (Lipinski definition) is 2. The second-order valence-electron chi connectivity index (χ2n) is 4.38. The molecule has 1 aromatic heterocycles. The quantitative estimate of drug-likeness (QED) is 0.645. The molecule has 0 aliphatic carbocycles.